The Kier molecular flexibility index (Phi) is 4.22. The van der Waals surface area contributed by atoms with E-state index in [-0.39, 0.29) is 24.0 Å². The van der Waals surface area contributed by atoms with Crippen LogP contribution in [0, 0.1) is 5.92 Å². The van der Waals surface area contributed by atoms with E-state index in [1.54, 1.807) is 0 Å². The largest absolute Gasteiger partial charge is 0.462 e. The maximum atomic E-state index is 12.0. The van der Waals surface area contributed by atoms with E-state index in [0.717, 1.165) is 38.5 Å². The molecule has 2 atom stereocenters. The Hall–Kier alpha value is -0.570. The monoisotopic (exact) mass is 225 g/mol. The van der Waals surface area contributed by atoms with Gasteiger partial charge in [0.25, 0.3) is 0 Å². The van der Waals surface area contributed by atoms with Crippen molar-refractivity contribution in [3.05, 3.63) is 0 Å². The minimum absolute atomic E-state index is 0.0244. The molecule has 3 heteroatoms. The van der Waals surface area contributed by atoms with Gasteiger partial charge in [0.2, 0.25) is 0 Å². The highest BCUT2D eigenvalue weighted by Crippen LogP contribution is 2.26. The van der Waals surface area contributed by atoms with Gasteiger partial charge in [-0.2, -0.15) is 0 Å². The van der Waals surface area contributed by atoms with Crippen LogP contribution in [0.2, 0.25) is 0 Å². The van der Waals surface area contributed by atoms with Crippen molar-refractivity contribution in [1.29, 1.82) is 0 Å². The van der Waals surface area contributed by atoms with Crippen LogP contribution >= 0.6 is 0 Å². The second kappa shape index (κ2) is 5.67. The molecule has 0 aromatic heterocycles. The summed E-state index contributed by atoms with van der Waals surface area (Å²) in [6.45, 7) is 0. The third-order valence-corrected chi connectivity index (χ3v) is 3.96. The SMILES string of the molecule is NC1CCCCCC1C(=O)OC1CCCC1. The zero-order valence-electron chi connectivity index (χ0n) is 9.99. The molecular formula is C13H23NO2. The van der Waals surface area contributed by atoms with Crippen molar-refractivity contribution in [3.8, 4) is 0 Å². The number of ether oxygens (including phenoxy) is 1. The fourth-order valence-electron chi connectivity index (χ4n) is 2.89. The normalized spacial score (nSPS) is 32.3. The summed E-state index contributed by atoms with van der Waals surface area (Å²) in [5.74, 6) is -0.0654. The lowest BCUT2D eigenvalue weighted by atomic mass is 9.96. The molecule has 2 N–H and O–H groups in total. The summed E-state index contributed by atoms with van der Waals surface area (Å²) in [5.41, 5.74) is 6.05. The first-order valence-electron chi connectivity index (χ1n) is 6.73. The summed E-state index contributed by atoms with van der Waals surface area (Å²) >= 11 is 0. The van der Waals surface area contributed by atoms with Gasteiger partial charge in [-0.15, -0.1) is 0 Å². The number of hydrogen-bond acceptors (Lipinski definition) is 3. The fraction of sp³-hybridized carbons (Fsp3) is 0.923. The van der Waals surface area contributed by atoms with E-state index in [0.29, 0.717) is 0 Å². The molecular weight excluding hydrogens is 202 g/mol. The first kappa shape index (κ1) is 11.9. The maximum absolute atomic E-state index is 12.0. The molecule has 3 nitrogen and oxygen atoms in total. The van der Waals surface area contributed by atoms with E-state index >= 15 is 0 Å². The molecule has 0 aromatic carbocycles. The molecule has 2 unspecified atom stereocenters. The van der Waals surface area contributed by atoms with Gasteiger partial charge in [-0.3, -0.25) is 4.79 Å². The molecule has 2 saturated carbocycles. The molecule has 2 rings (SSSR count). The van der Waals surface area contributed by atoms with Gasteiger partial charge in [-0.1, -0.05) is 19.3 Å². The van der Waals surface area contributed by atoms with E-state index in [1.165, 1.54) is 19.3 Å². The van der Waals surface area contributed by atoms with Gasteiger partial charge in [-0.05, 0) is 38.5 Å². The second-order valence-electron chi connectivity index (χ2n) is 5.25. The minimum atomic E-state index is -0.0388. The molecule has 92 valence electrons. The Morgan fingerprint density at radius 1 is 0.938 bits per heavy atom. The number of carbonyl (C=O) groups excluding carboxylic acids is 1. The number of esters is 1. The standard InChI is InChI=1S/C13H23NO2/c14-12-9-3-1-2-8-11(12)13(15)16-10-6-4-5-7-10/h10-12H,1-9,14H2. The van der Waals surface area contributed by atoms with Crippen molar-refractivity contribution < 1.29 is 9.53 Å². The summed E-state index contributed by atoms with van der Waals surface area (Å²) in [4.78, 5) is 12.0. The van der Waals surface area contributed by atoms with Crippen LogP contribution in [-0.4, -0.2) is 18.1 Å². The number of rotatable bonds is 2. The highest BCUT2D eigenvalue weighted by molar-refractivity contribution is 5.73. The molecule has 0 amide bonds. The first-order valence-corrected chi connectivity index (χ1v) is 6.73. The maximum Gasteiger partial charge on any atom is 0.310 e. The van der Waals surface area contributed by atoms with Gasteiger partial charge in [0, 0.05) is 6.04 Å². The summed E-state index contributed by atoms with van der Waals surface area (Å²) in [7, 11) is 0. The van der Waals surface area contributed by atoms with E-state index in [4.69, 9.17) is 10.5 Å². The van der Waals surface area contributed by atoms with Crippen molar-refractivity contribution >= 4 is 5.97 Å². The molecule has 0 bridgehead atoms. The Bertz CT molecular complexity index is 236. The molecule has 0 aliphatic heterocycles. The molecule has 2 fully saturated rings. The van der Waals surface area contributed by atoms with Gasteiger partial charge in [0.1, 0.15) is 6.10 Å². The Morgan fingerprint density at radius 3 is 2.31 bits per heavy atom. The number of carbonyl (C=O) groups is 1. The van der Waals surface area contributed by atoms with Gasteiger partial charge in [-0.25, -0.2) is 0 Å². The summed E-state index contributed by atoms with van der Waals surface area (Å²) in [5, 5.41) is 0. The lowest BCUT2D eigenvalue weighted by Gasteiger charge is -2.22. The molecule has 0 radical (unpaired) electrons. The van der Waals surface area contributed by atoms with Crippen LogP contribution in [0.15, 0.2) is 0 Å². The van der Waals surface area contributed by atoms with Crippen LogP contribution in [0.1, 0.15) is 57.8 Å². The van der Waals surface area contributed by atoms with E-state index < -0.39 is 0 Å². The minimum Gasteiger partial charge on any atom is -0.462 e. The van der Waals surface area contributed by atoms with Crippen LogP contribution in [0.5, 0.6) is 0 Å². The third kappa shape index (κ3) is 2.97. The fourth-order valence-corrected chi connectivity index (χ4v) is 2.89. The smallest absolute Gasteiger partial charge is 0.310 e. The molecule has 0 saturated heterocycles. The average molecular weight is 225 g/mol. The van der Waals surface area contributed by atoms with E-state index in [1.807, 2.05) is 0 Å². The molecule has 0 aromatic rings. The van der Waals surface area contributed by atoms with Crippen LogP contribution < -0.4 is 5.73 Å². The Morgan fingerprint density at radius 2 is 1.56 bits per heavy atom. The van der Waals surface area contributed by atoms with Crippen molar-refractivity contribution in [2.75, 3.05) is 0 Å². The Labute approximate surface area is 97.7 Å². The lowest BCUT2D eigenvalue weighted by molar-refractivity contribution is -0.154. The second-order valence-corrected chi connectivity index (χ2v) is 5.25. The zero-order chi connectivity index (χ0) is 11.4. The predicted octanol–water partition coefficient (Wildman–Crippen LogP) is 2.38. The molecule has 16 heavy (non-hydrogen) atoms. The van der Waals surface area contributed by atoms with Crippen LogP contribution in [0.25, 0.3) is 0 Å². The number of nitrogens with two attached hydrogens (primary N) is 1. The topological polar surface area (TPSA) is 52.3 Å². The summed E-state index contributed by atoms with van der Waals surface area (Å²) in [6.07, 6.45) is 10.1. The highest BCUT2D eigenvalue weighted by Gasteiger charge is 2.30. The summed E-state index contributed by atoms with van der Waals surface area (Å²) < 4.78 is 5.56. The zero-order valence-corrected chi connectivity index (χ0v) is 9.99. The Balaban J connectivity index is 1.85. The van der Waals surface area contributed by atoms with Crippen molar-refractivity contribution in [2.24, 2.45) is 11.7 Å². The van der Waals surface area contributed by atoms with Gasteiger partial charge in [0.05, 0.1) is 5.92 Å². The molecule has 2 aliphatic rings. The highest BCUT2D eigenvalue weighted by atomic mass is 16.5. The van der Waals surface area contributed by atoms with Crippen LogP contribution in [0.4, 0.5) is 0 Å². The van der Waals surface area contributed by atoms with Crippen LogP contribution in [0.3, 0.4) is 0 Å². The van der Waals surface area contributed by atoms with Gasteiger partial charge >= 0.3 is 5.97 Å². The van der Waals surface area contributed by atoms with Gasteiger partial charge < -0.3 is 10.5 Å². The molecule has 0 heterocycles. The lowest BCUT2D eigenvalue weighted by Crippen LogP contribution is -2.36. The van der Waals surface area contributed by atoms with Crippen molar-refractivity contribution in [3.63, 3.8) is 0 Å². The molecule has 0 spiro atoms. The third-order valence-electron chi connectivity index (χ3n) is 3.96. The summed E-state index contributed by atoms with van der Waals surface area (Å²) in [6, 6.07) is 0.0244. The van der Waals surface area contributed by atoms with Crippen molar-refractivity contribution in [2.45, 2.75) is 69.9 Å². The molecule has 2 aliphatic carbocycles. The van der Waals surface area contributed by atoms with E-state index in [2.05, 4.69) is 0 Å². The predicted molar refractivity (Wildman–Crippen MR) is 62.9 cm³/mol. The van der Waals surface area contributed by atoms with Gasteiger partial charge in [0.15, 0.2) is 0 Å². The van der Waals surface area contributed by atoms with Crippen LogP contribution in [-0.2, 0) is 9.53 Å². The van der Waals surface area contributed by atoms with E-state index in [9.17, 15) is 4.79 Å². The van der Waals surface area contributed by atoms with Crippen molar-refractivity contribution in [1.82, 2.24) is 0 Å². The number of hydrogen-bond donors (Lipinski definition) is 1. The average Bonchev–Trinajstić information content (AvgIpc) is 2.66. The first-order chi connectivity index (χ1) is 7.77. The quantitative estimate of drug-likeness (QED) is 0.580.